The van der Waals surface area contributed by atoms with E-state index in [2.05, 4.69) is 54.4 Å². The molecule has 2 aromatic heterocycles. The van der Waals surface area contributed by atoms with Crippen molar-refractivity contribution in [2.24, 2.45) is 5.92 Å². The van der Waals surface area contributed by atoms with E-state index < -0.39 is 0 Å². The number of hydrogen-bond donors (Lipinski definition) is 2. The van der Waals surface area contributed by atoms with Gasteiger partial charge in [-0.05, 0) is 25.3 Å². The van der Waals surface area contributed by atoms with Crippen molar-refractivity contribution in [2.45, 2.75) is 40.2 Å². The number of fused-ring (bicyclic) bond motifs is 1. The summed E-state index contributed by atoms with van der Waals surface area (Å²) < 4.78 is 0. The Bertz CT molecular complexity index is 562. The molecule has 0 saturated carbocycles. The van der Waals surface area contributed by atoms with Gasteiger partial charge in [0.1, 0.15) is 10.6 Å². The fourth-order valence-corrected chi connectivity index (χ4v) is 2.72. The van der Waals surface area contributed by atoms with Gasteiger partial charge < -0.3 is 10.6 Å². The third kappa shape index (κ3) is 2.97. The van der Waals surface area contributed by atoms with Crippen molar-refractivity contribution in [1.82, 2.24) is 9.97 Å². The smallest absolute Gasteiger partial charge is 0.225 e. The number of anilines is 2. The Balaban J connectivity index is 2.47. The van der Waals surface area contributed by atoms with E-state index in [0.717, 1.165) is 22.5 Å². The van der Waals surface area contributed by atoms with Crippen LogP contribution in [-0.4, -0.2) is 23.1 Å². The normalized spacial score (nSPS) is 12.9. The molecular weight excluding hydrogens is 256 g/mol. The van der Waals surface area contributed by atoms with Crippen LogP contribution in [0.1, 0.15) is 32.6 Å². The minimum atomic E-state index is 0.382. The Morgan fingerprint density at radius 1 is 1.26 bits per heavy atom. The van der Waals surface area contributed by atoms with Crippen LogP contribution in [0, 0.1) is 5.92 Å². The lowest BCUT2D eigenvalue weighted by atomic mass is 10.1. The predicted molar refractivity (Wildman–Crippen MR) is 84.3 cm³/mol. The third-order valence-corrected chi connectivity index (χ3v) is 4.55. The number of thiophene rings is 1. The highest BCUT2D eigenvalue weighted by Gasteiger charge is 2.14. The average Bonchev–Trinajstić information content (AvgIpc) is 2.81. The highest BCUT2D eigenvalue weighted by Crippen LogP contribution is 2.31. The summed E-state index contributed by atoms with van der Waals surface area (Å²) in [5.41, 5.74) is 0. The van der Waals surface area contributed by atoms with Crippen LogP contribution >= 0.6 is 11.3 Å². The second-order valence-electron chi connectivity index (χ2n) is 5.11. The second-order valence-corrected chi connectivity index (χ2v) is 6.22. The summed E-state index contributed by atoms with van der Waals surface area (Å²) in [4.78, 5) is 11.5. The van der Waals surface area contributed by atoms with Gasteiger partial charge >= 0.3 is 0 Å². The van der Waals surface area contributed by atoms with E-state index in [-0.39, 0.29) is 0 Å². The second kappa shape index (κ2) is 5.74. The van der Waals surface area contributed by atoms with E-state index in [1.165, 1.54) is 4.88 Å². The average molecular weight is 278 g/mol. The van der Waals surface area contributed by atoms with Crippen molar-refractivity contribution in [3.05, 3.63) is 10.9 Å². The van der Waals surface area contributed by atoms with Crippen molar-refractivity contribution in [2.75, 3.05) is 17.7 Å². The van der Waals surface area contributed by atoms with Crippen LogP contribution in [0.5, 0.6) is 0 Å². The van der Waals surface area contributed by atoms with Crippen LogP contribution < -0.4 is 10.6 Å². The van der Waals surface area contributed by atoms with Crippen LogP contribution in [-0.2, 0) is 6.42 Å². The first kappa shape index (κ1) is 14.1. The van der Waals surface area contributed by atoms with Gasteiger partial charge in [-0.25, -0.2) is 4.98 Å². The highest BCUT2D eigenvalue weighted by molar-refractivity contribution is 7.18. The number of rotatable bonds is 5. The van der Waals surface area contributed by atoms with E-state index in [1.807, 2.05) is 7.05 Å². The molecule has 0 aliphatic heterocycles. The fourth-order valence-electron chi connectivity index (χ4n) is 1.75. The quantitative estimate of drug-likeness (QED) is 0.874. The summed E-state index contributed by atoms with van der Waals surface area (Å²) in [6.07, 6.45) is 1.04. The minimum Gasteiger partial charge on any atom is -0.367 e. The zero-order valence-corrected chi connectivity index (χ0v) is 13.1. The standard InChI is InChI=1S/C14H22N4S/c1-6-10-7-11-12(16-9(4)8(2)3)17-14(15-5)18-13(11)19-10/h7-9H,6H2,1-5H3,(H2,15,16,17,18). The molecule has 1 atom stereocenters. The van der Waals surface area contributed by atoms with Gasteiger partial charge in [0.05, 0.1) is 5.39 Å². The summed E-state index contributed by atoms with van der Waals surface area (Å²) in [5.74, 6) is 2.18. The predicted octanol–water partition coefficient (Wildman–Crippen LogP) is 3.75. The molecule has 0 radical (unpaired) electrons. The molecule has 19 heavy (non-hydrogen) atoms. The number of aromatic nitrogens is 2. The number of nitrogens with one attached hydrogen (secondary N) is 2. The SMILES string of the molecule is CCc1cc2c(NC(C)C(C)C)nc(NC)nc2s1. The first-order valence-corrected chi connectivity index (χ1v) is 7.61. The van der Waals surface area contributed by atoms with Crippen molar-refractivity contribution in [1.29, 1.82) is 0 Å². The molecule has 2 aromatic rings. The van der Waals surface area contributed by atoms with Crippen LogP contribution in [0.15, 0.2) is 6.07 Å². The molecule has 0 spiro atoms. The number of nitrogens with zero attached hydrogens (tertiary/aromatic N) is 2. The maximum Gasteiger partial charge on any atom is 0.225 e. The van der Waals surface area contributed by atoms with Crippen molar-refractivity contribution >= 4 is 33.3 Å². The molecular formula is C14H22N4S. The van der Waals surface area contributed by atoms with Gasteiger partial charge in [-0.3, -0.25) is 0 Å². The van der Waals surface area contributed by atoms with E-state index >= 15 is 0 Å². The Kier molecular flexibility index (Phi) is 4.24. The van der Waals surface area contributed by atoms with Gasteiger partial charge in [0.15, 0.2) is 0 Å². The van der Waals surface area contributed by atoms with Crippen molar-refractivity contribution in [3.8, 4) is 0 Å². The first-order chi connectivity index (χ1) is 9.05. The van der Waals surface area contributed by atoms with Gasteiger partial charge in [-0.15, -0.1) is 11.3 Å². The summed E-state index contributed by atoms with van der Waals surface area (Å²) >= 11 is 1.75. The third-order valence-electron chi connectivity index (χ3n) is 3.38. The van der Waals surface area contributed by atoms with E-state index in [9.17, 15) is 0 Å². The van der Waals surface area contributed by atoms with Crippen LogP contribution in [0.2, 0.25) is 0 Å². The molecule has 104 valence electrons. The molecule has 0 aliphatic carbocycles. The zero-order chi connectivity index (χ0) is 14.0. The van der Waals surface area contributed by atoms with Crippen molar-refractivity contribution < 1.29 is 0 Å². The number of hydrogen-bond acceptors (Lipinski definition) is 5. The van der Waals surface area contributed by atoms with E-state index in [1.54, 1.807) is 11.3 Å². The molecule has 2 N–H and O–H groups in total. The van der Waals surface area contributed by atoms with E-state index in [4.69, 9.17) is 0 Å². The lowest BCUT2D eigenvalue weighted by molar-refractivity contribution is 0.559. The molecule has 0 bridgehead atoms. The first-order valence-electron chi connectivity index (χ1n) is 6.79. The maximum absolute atomic E-state index is 4.56. The Hall–Kier alpha value is -1.36. The van der Waals surface area contributed by atoms with Crippen molar-refractivity contribution in [3.63, 3.8) is 0 Å². The summed E-state index contributed by atoms with van der Waals surface area (Å²) in [7, 11) is 1.85. The van der Waals surface area contributed by atoms with E-state index in [0.29, 0.717) is 17.9 Å². The topological polar surface area (TPSA) is 49.8 Å². The molecule has 5 heteroatoms. The van der Waals surface area contributed by atoms with Crippen LogP contribution in [0.4, 0.5) is 11.8 Å². The Morgan fingerprint density at radius 2 is 2.00 bits per heavy atom. The van der Waals surface area contributed by atoms with Gasteiger partial charge in [0, 0.05) is 18.0 Å². The van der Waals surface area contributed by atoms with Gasteiger partial charge in [0.2, 0.25) is 5.95 Å². The molecule has 1 unspecified atom stereocenters. The summed E-state index contributed by atoms with van der Waals surface area (Å²) in [6, 6.07) is 2.59. The lowest BCUT2D eigenvalue weighted by Gasteiger charge is -2.18. The summed E-state index contributed by atoms with van der Waals surface area (Å²) in [6.45, 7) is 8.77. The largest absolute Gasteiger partial charge is 0.367 e. The van der Waals surface area contributed by atoms with Gasteiger partial charge in [-0.1, -0.05) is 20.8 Å². The fraction of sp³-hybridized carbons (Fsp3) is 0.571. The van der Waals surface area contributed by atoms with Gasteiger partial charge in [-0.2, -0.15) is 4.98 Å². The van der Waals surface area contributed by atoms with Crippen LogP contribution in [0.3, 0.4) is 0 Å². The monoisotopic (exact) mass is 278 g/mol. The zero-order valence-electron chi connectivity index (χ0n) is 12.2. The number of aryl methyl sites for hydroxylation is 1. The molecule has 2 rings (SSSR count). The highest BCUT2D eigenvalue weighted by atomic mass is 32.1. The molecule has 0 fully saturated rings. The molecule has 0 amide bonds. The molecule has 4 nitrogen and oxygen atoms in total. The molecule has 2 heterocycles. The minimum absolute atomic E-state index is 0.382. The molecule has 0 aliphatic rings. The maximum atomic E-state index is 4.56. The Labute approximate surface area is 118 Å². The Morgan fingerprint density at radius 3 is 2.58 bits per heavy atom. The molecule has 0 saturated heterocycles. The van der Waals surface area contributed by atoms with Crippen LogP contribution in [0.25, 0.3) is 10.2 Å². The summed E-state index contributed by atoms with van der Waals surface area (Å²) in [5, 5.41) is 7.68. The molecule has 0 aromatic carbocycles. The lowest BCUT2D eigenvalue weighted by Crippen LogP contribution is -2.22. The van der Waals surface area contributed by atoms with Gasteiger partial charge in [0.25, 0.3) is 0 Å².